The van der Waals surface area contributed by atoms with Gasteiger partial charge < -0.3 is 9.88 Å². The topological polar surface area (TPSA) is 46.4 Å². The van der Waals surface area contributed by atoms with Crippen LogP contribution in [0.5, 0.6) is 0 Å². The summed E-state index contributed by atoms with van der Waals surface area (Å²) in [6, 6.07) is 23.2. The highest BCUT2D eigenvalue weighted by Gasteiger charge is 2.24. The van der Waals surface area contributed by atoms with Gasteiger partial charge in [-0.1, -0.05) is 65.7 Å². The van der Waals surface area contributed by atoms with Gasteiger partial charge in [0.2, 0.25) is 0 Å². The first-order valence-electron chi connectivity index (χ1n) is 9.93. The quantitative estimate of drug-likeness (QED) is 0.325. The van der Waals surface area contributed by atoms with Gasteiger partial charge >= 0.3 is 0 Å². The van der Waals surface area contributed by atoms with E-state index in [0.717, 1.165) is 27.7 Å². The van der Waals surface area contributed by atoms with E-state index in [4.69, 9.17) is 23.2 Å². The van der Waals surface area contributed by atoms with Gasteiger partial charge in [-0.05, 0) is 53.7 Å². The van der Waals surface area contributed by atoms with E-state index in [1.165, 1.54) is 11.8 Å². The number of amides is 1. The third kappa shape index (κ3) is 4.32. The SMILES string of the molecule is O=C1NC(=Nc2ccccc2)S/C1=C\c1cn(Cc2ccc(Cl)cc2Cl)c2ccccc12. The molecule has 158 valence electrons. The van der Waals surface area contributed by atoms with Gasteiger partial charge in [0, 0.05) is 39.3 Å². The molecule has 2 heterocycles. The van der Waals surface area contributed by atoms with Crippen LogP contribution in [0.1, 0.15) is 11.1 Å². The molecular formula is C25H17Cl2N3OS. The lowest BCUT2D eigenvalue weighted by Crippen LogP contribution is -2.19. The highest BCUT2D eigenvalue weighted by Crippen LogP contribution is 2.32. The van der Waals surface area contributed by atoms with E-state index >= 15 is 0 Å². The Balaban J connectivity index is 1.49. The number of thioether (sulfide) groups is 1. The molecule has 1 aromatic heterocycles. The number of aromatic nitrogens is 1. The standard InChI is InChI=1S/C25H17Cl2N3OS/c26-18-11-10-16(21(27)13-18)14-30-15-17(20-8-4-5-9-22(20)30)12-23-24(31)29-25(32-23)28-19-6-2-1-3-7-19/h1-13,15H,14H2,(H,28,29,31)/b23-12-. The van der Waals surface area contributed by atoms with Crippen molar-refractivity contribution in [3.8, 4) is 0 Å². The Hall–Kier alpha value is -2.99. The zero-order valence-corrected chi connectivity index (χ0v) is 19.1. The van der Waals surface area contributed by atoms with Crippen LogP contribution in [0.15, 0.2) is 88.9 Å². The van der Waals surface area contributed by atoms with E-state index in [1.807, 2.05) is 66.9 Å². The van der Waals surface area contributed by atoms with Crippen LogP contribution in [0.4, 0.5) is 5.69 Å². The zero-order chi connectivity index (χ0) is 22.1. The maximum Gasteiger partial charge on any atom is 0.264 e. The minimum atomic E-state index is -0.151. The van der Waals surface area contributed by atoms with Crippen molar-refractivity contribution in [3.05, 3.63) is 105 Å². The Morgan fingerprint density at radius 1 is 1.00 bits per heavy atom. The summed E-state index contributed by atoms with van der Waals surface area (Å²) in [5.74, 6) is -0.151. The number of fused-ring (bicyclic) bond motifs is 1. The highest BCUT2D eigenvalue weighted by atomic mass is 35.5. The van der Waals surface area contributed by atoms with E-state index in [0.29, 0.717) is 26.7 Å². The molecule has 0 bridgehead atoms. The van der Waals surface area contributed by atoms with Crippen LogP contribution >= 0.6 is 35.0 Å². The monoisotopic (exact) mass is 477 g/mol. The number of carbonyl (C=O) groups excluding carboxylic acids is 1. The Morgan fingerprint density at radius 2 is 1.78 bits per heavy atom. The third-order valence-corrected chi connectivity index (χ3v) is 6.60. The normalized spacial score (nSPS) is 16.2. The molecule has 0 unspecified atom stereocenters. The van der Waals surface area contributed by atoms with Crippen LogP contribution in [-0.4, -0.2) is 15.6 Å². The van der Waals surface area contributed by atoms with Crippen molar-refractivity contribution >= 4 is 68.7 Å². The number of hydrogen-bond acceptors (Lipinski definition) is 3. The molecule has 1 N–H and O–H groups in total. The van der Waals surface area contributed by atoms with Gasteiger partial charge in [0.15, 0.2) is 5.17 Å². The molecule has 4 nitrogen and oxygen atoms in total. The summed E-state index contributed by atoms with van der Waals surface area (Å²) in [5, 5.41) is 5.72. The van der Waals surface area contributed by atoms with E-state index in [2.05, 4.69) is 27.0 Å². The fourth-order valence-electron chi connectivity index (χ4n) is 3.60. The van der Waals surface area contributed by atoms with Gasteiger partial charge in [-0.2, -0.15) is 0 Å². The number of benzene rings is 3. The number of rotatable bonds is 4. The molecule has 1 fully saturated rings. The lowest BCUT2D eigenvalue weighted by molar-refractivity contribution is -0.115. The first-order chi connectivity index (χ1) is 15.6. The minimum absolute atomic E-state index is 0.151. The molecule has 4 aromatic rings. The van der Waals surface area contributed by atoms with E-state index < -0.39 is 0 Å². The number of nitrogens with zero attached hydrogens (tertiary/aromatic N) is 2. The van der Waals surface area contributed by atoms with Crippen molar-refractivity contribution in [2.45, 2.75) is 6.54 Å². The van der Waals surface area contributed by atoms with Crippen LogP contribution in [0.25, 0.3) is 17.0 Å². The second-order valence-electron chi connectivity index (χ2n) is 7.28. The predicted molar refractivity (Wildman–Crippen MR) is 135 cm³/mol. The van der Waals surface area contributed by atoms with E-state index in [9.17, 15) is 4.79 Å². The first kappa shape index (κ1) is 20.9. The maximum absolute atomic E-state index is 12.6. The molecule has 1 saturated heterocycles. The Labute approximate surface area is 199 Å². The molecule has 1 aliphatic rings. The van der Waals surface area contributed by atoms with Crippen molar-refractivity contribution in [3.63, 3.8) is 0 Å². The summed E-state index contributed by atoms with van der Waals surface area (Å²) >= 11 is 13.8. The lowest BCUT2D eigenvalue weighted by atomic mass is 10.1. The highest BCUT2D eigenvalue weighted by molar-refractivity contribution is 8.18. The van der Waals surface area contributed by atoms with Gasteiger partial charge in [-0.25, -0.2) is 4.99 Å². The van der Waals surface area contributed by atoms with E-state index in [-0.39, 0.29) is 5.91 Å². The fraction of sp³-hybridized carbons (Fsp3) is 0.0400. The Bertz CT molecular complexity index is 1390. The zero-order valence-electron chi connectivity index (χ0n) is 16.8. The number of nitrogens with one attached hydrogen (secondary N) is 1. The molecule has 0 aliphatic carbocycles. The van der Waals surface area contributed by atoms with Gasteiger partial charge in [-0.3, -0.25) is 4.79 Å². The largest absolute Gasteiger partial charge is 0.342 e. The van der Waals surface area contributed by atoms with Crippen molar-refractivity contribution in [2.24, 2.45) is 4.99 Å². The molecule has 0 atom stereocenters. The fourth-order valence-corrected chi connectivity index (χ4v) is 4.90. The molecule has 32 heavy (non-hydrogen) atoms. The average molecular weight is 478 g/mol. The molecule has 0 radical (unpaired) electrons. The van der Waals surface area contributed by atoms with E-state index in [1.54, 1.807) is 6.07 Å². The average Bonchev–Trinajstić information content (AvgIpc) is 3.31. The van der Waals surface area contributed by atoms with Crippen LogP contribution < -0.4 is 5.32 Å². The molecule has 0 spiro atoms. The van der Waals surface area contributed by atoms with Crippen molar-refractivity contribution in [2.75, 3.05) is 0 Å². The van der Waals surface area contributed by atoms with Crippen molar-refractivity contribution in [1.82, 2.24) is 9.88 Å². The Morgan fingerprint density at radius 3 is 2.59 bits per heavy atom. The summed E-state index contributed by atoms with van der Waals surface area (Å²) in [6.07, 6.45) is 3.96. The summed E-state index contributed by atoms with van der Waals surface area (Å²) in [7, 11) is 0. The second-order valence-corrected chi connectivity index (χ2v) is 9.16. The van der Waals surface area contributed by atoms with Crippen LogP contribution in [-0.2, 0) is 11.3 Å². The molecule has 0 saturated carbocycles. The van der Waals surface area contributed by atoms with Crippen LogP contribution in [0, 0.1) is 0 Å². The second kappa shape index (κ2) is 8.87. The van der Waals surface area contributed by atoms with Gasteiger partial charge in [0.1, 0.15) is 0 Å². The predicted octanol–water partition coefficient (Wildman–Crippen LogP) is 6.89. The van der Waals surface area contributed by atoms with Crippen molar-refractivity contribution in [1.29, 1.82) is 0 Å². The van der Waals surface area contributed by atoms with Crippen LogP contribution in [0.2, 0.25) is 10.0 Å². The lowest BCUT2D eigenvalue weighted by Gasteiger charge is -2.08. The smallest absolute Gasteiger partial charge is 0.264 e. The molecular weight excluding hydrogens is 461 g/mol. The summed E-state index contributed by atoms with van der Waals surface area (Å²) in [5.41, 5.74) is 3.80. The number of amidine groups is 1. The summed E-state index contributed by atoms with van der Waals surface area (Å²) in [4.78, 5) is 17.7. The molecule has 1 aliphatic heterocycles. The third-order valence-electron chi connectivity index (χ3n) is 5.10. The molecule has 3 aromatic carbocycles. The number of hydrogen-bond donors (Lipinski definition) is 1. The first-order valence-corrected chi connectivity index (χ1v) is 11.5. The molecule has 7 heteroatoms. The Kier molecular flexibility index (Phi) is 5.79. The number of carbonyl (C=O) groups is 1. The number of halogens is 2. The van der Waals surface area contributed by atoms with Gasteiger partial charge in [0.05, 0.1) is 10.6 Å². The summed E-state index contributed by atoms with van der Waals surface area (Å²) in [6.45, 7) is 0.597. The number of aliphatic imine (C=N–C) groups is 1. The van der Waals surface area contributed by atoms with Gasteiger partial charge in [0.25, 0.3) is 5.91 Å². The molecule has 5 rings (SSSR count). The van der Waals surface area contributed by atoms with Crippen molar-refractivity contribution < 1.29 is 4.79 Å². The molecule has 1 amide bonds. The van der Waals surface area contributed by atoms with Crippen LogP contribution in [0.3, 0.4) is 0 Å². The van der Waals surface area contributed by atoms with Gasteiger partial charge in [-0.15, -0.1) is 0 Å². The summed E-state index contributed by atoms with van der Waals surface area (Å²) < 4.78 is 2.13. The number of para-hydroxylation sites is 2. The maximum atomic E-state index is 12.6. The minimum Gasteiger partial charge on any atom is -0.342 e.